The van der Waals surface area contributed by atoms with Gasteiger partial charge in [-0.2, -0.15) is 0 Å². The SMILES string of the molecule is CC(C)N(C(=O)N(C)C)C1CC(=O)N(Cc2ccccc2)C1. The molecular weight excluding hydrogens is 278 g/mol. The van der Waals surface area contributed by atoms with Crippen molar-refractivity contribution in [2.75, 3.05) is 20.6 Å². The third kappa shape index (κ3) is 3.59. The number of nitrogens with zero attached hydrogens (tertiary/aromatic N) is 3. The summed E-state index contributed by atoms with van der Waals surface area (Å²) in [5.41, 5.74) is 1.12. The highest BCUT2D eigenvalue weighted by Crippen LogP contribution is 2.22. The molecule has 120 valence electrons. The fourth-order valence-corrected chi connectivity index (χ4v) is 2.92. The minimum Gasteiger partial charge on any atom is -0.336 e. The van der Waals surface area contributed by atoms with Crippen molar-refractivity contribution in [1.29, 1.82) is 0 Å². The van der Waals surface area contributed by atoms with Crippen molar-refractivity contribution in [1.82, 2.24) is 14.7 Å². The van der Waals surface area contributed by atoms with Crippen molar-refractivity contribution in [2.45, 2.75) is 38.9 Å². The molecule has 0 aliphatic carbocycles. The van der Waals surface area contributed by atoms with Crippen molar-refractivity contribution in [3.8, 4) is 0 Å². The zero-order valence-corrected chi connectivity index (χ0v) is 13.8. The first-order valence-corrected chi connectivity index (χ1v) is 7.71. The number of carbonyl (C=O) groups excluding carboxylic acids is 2. The van der Waals surface area contributed by atoms with Crippen molar-refractivity contribution >= 4 is 11.9 Å². The number of likely N-dealkylation sites (tertiary alicyclic amines) is 1. The minimum atomic E-state index is -0.0499. The van der Waals surface area contributed by atoms with E-state index in [4.69, 9.17) is 0 Å². The van der Waals surface area contributed by atoms with Gasteiger partial charge in [0.25, 0.3) is 0 Å². The Morgan fingerprint density at radius 2 is 1.91 bits per heavy atom. The normalized spacial score (nSPS) is 18.0. The third-order valence-electron chi connectivity index (χ3n) is 3.96. The Bertz CT molecular complexity index is 528. The van der Waals surface area contributed by atoms with Gasteiger partial charge < -0.3 is 14.7 Å². The van der Waals surface area contributed by atoms with E-state index < -0.39 is 0 Å². The lowest BCUT2D eigenvalue weighted by molar-refractivity contribution is -0.128. The molecule has 1 fully saturated rings. The van der Waals surface area contributed by atoms with E-state index in [1.165, 1.54) is 0 Å². The molecule has 1 aromatic rings. The van der Waals surface area contributed by atoms with E-state index in [2.05, 4.69) is 0 Å². The molecule has 0 spiro atoms. The predicted octanol–water partition coefficient (Wildman–Crippen LogP) is 2.18. The van der Waals surface area contributed by atoms with Gasteiger partial charge in [0.1, 0.15) is 0 Å². The number of urea groups is 1. The second-order valence-corrected chi connectivity index (χ2v) is 6.30. The van der Waals surface area contributed by atoms with Gasteiger partial charge in [0.05, 0.1) is 6.04 Å². The average Bonchev–Trinajstić information content (AvgIpc) is 2.80. The van der Waals surface area contributed by atoms with Gasteiger partial charge in [-0.25, -0.2) is 4.79 Å². The van der Waals surface area contributed by atoms with Gasteiger partial charge >= 0.3 is 6.03 Å². The second kappa shape index (κ2) is 6.81. The second-order valence-electron chi connectivity index (χ2n) is 6.30. The zero-order chi connectivity index (χ0) is 16.3. The number of carbonyl (C=O) groups is 2. The highest BCUT2D eigenvalue weighted by molar-refractivity contribution is 5.81. The van der Waals surface area contributed by atoms with Crippen LogP contribution in [0.2, 0.25) is 0 Å². The van der Waals surface area contributed by atoms with Crippen LogP contribution < -0.4 is 0 Å². The lowest BCUT2D eigenvalue weighted by atomic mass is 10.2. The van der Waals surface area contributed by atoms with Crippen molar-refractivity contribution < 1.29 is 9.59 Å². The van der Waals surface area contributed by atoms with Gasteiger partial charge in [-0.3, -0.25) is 4.79 Å². The van der Waals surface area contributed by atoms with E-state index in [1.807, 2.05) is 54.0 Å². The van der Waals surface area contributed by atoms with E-state index in [-0.39, 0.29) is 24.0 Å². The summed E-state index contributed by atoms with van der Waals surface area (Å²) in [4.78, 5) is 29.9. The predicted molar refractivity (Wildman–Crippen MR) is 86.3 cm³/mol. The van der Waals surface area contributed by atoms with Crippen molar-refractivity contribution in [2.24, 2.45) is 0 Å². The maximum atomic E-state index is 12.4. The van der Waals surface area contributed by atoms with Crippen LogP contribution in [0.15, 0.2) is 30.3 Å². The molecule has 0 aromatic heterocycles. The summed E-state index contributed by atoms with van der Waals surface area (Å²) < 4.78 is 0. The molecule has 0 saturated carbocycles. The Hall–Kier alpha value is -2.04. The topological polar surface area (TPSA) is 43.9 Å². The molecular formula is C17H25N3O2. The van der Waals surface area contributed by atoms with E-state index in [0.29, 0.717) is 19.5 Å². The highest BCUT2D eigenvalue weighted by Gasteiger charge is 2.37. The summed E-state index contributed by atoms with van der Waals surface area (Å²) in [6, 6.07) is 9.95. The van der Waals surface area contributed by atoms with E-state index in [1.54, 1.807) is 19.0 Å². The number of benzene rings is 1. The monoisotopic (exact) mass is 303 g/mol. The molecule has 0 bridgehead atoms. The first-order chi connectivity index (χ1) is 10.4. The lowest BCUT2D eigenvalue weighted by Gasteiger charge is -2.34. The van der Waals surface area contributed by atoms with Gasteiger partial charge in [0.15, 0.2) is 0 Å². The summed E-state index contributed by atoms with van der Waals surface area (Å²) in [5, 5.41) is 0. The Morgan fingerprint density at radius 3 is 2.45 bits per heavy atom. The van der Waals surface area contributed by atoms with E-state index in [9.17, 15) is 9.59 Å². The molecule has 5 nitrogen and oxygen atoms in total. The van der Waals surface area contributed by atoms with Crippen LogP contribution in [-0.2, 0) is 11.3 Å². The summed E-state index contributed by atoms with van der Waals surface area (Å²) in [5.74, 6) is 0.117. The van der Waals surface area contributed by atoms with Crippen LogP contribution in [0.1, 0.15) is 25.8 Å². The largest absolute Gasteiger partial charge is 0.336 e. The van der Waals surface area contributed by atoms with Crippen LogP contribution in [0.4, 0.5) is 4.79 Å². The molecule has 1 atom stereocenters. The van der Waals surface area contributed by atoms with Crippen LogP contribution >= 0.6 is 0 Å². The number of hydrogen-bond donors (Lipinski definition) is 0. The third-order valence-corrected chi connectivity index (χ3v) is 3.96. The van der Waals surface area contributed by atoms with Crippen LogP contribution in [0.25, 0.3) is 0 Å². The highest BCUT2D eigenvalue weighted by atomic mass is 16.2. The first kappa shape index (κ1) is 16.3. The zero-order valence-electron chi connectivity index (χ0n) is 13.8. The van der Waals surface area contributed by atoms with Crippen LogP contribution in [0.3, 0.4) is 0 Å². The van der Waals surface area contributed by atoms with Crippen molar-refractivity contribution in [3.05, 3.63) is 35.9 Å². The van der Waals surface area contributed by atoms with Gasteiger partial charge in [-0.15, -0.1) is 0 Å². The molecule has 5 heteroatoms. The lowest BCUT2D eigenvalue weighted by Crippen LogP contribution is -2.50. The smallest absolute Gasteiger partial charge is 0.320 e. The van der Waals surface area contributed by atoms with Gasteiger partial charge in [-0.1, -0.05) is 30.3 Å². The standard InChI is InChI=1S/C17H25N3O2/c1-13(2)20(17(22)18(3)4)15-10-16(21)19(12-15)11-14-8-6-5-7-9-14/h5-9,13,15H,10-12H2,1-4H3. The molecule has 1 aliphatic rings. The molecule has 2 rings (SSSR count). The molecule has 0 N–H and O–H groups in total. The van der Waals surface area contributed by atoms with E-state index >= 15 is 0 Å². The fourth-order valence-electron chi connectivity index (χ4n) is 2.92. The molecule has 1 aromatic carbocycles. The van der Waals surface area contributed by atoms with E-state index in [0.717, 1.165) is 5.56 Å². The maximum Gasteiger partial charge on any atom is 0.320 e. The Labute approximate surface area is 132 Å². The molecule has 1 unspecified atom stereocenters. The van der Waals surface area contributed by atoms with Gasteiger partial charge in [0, 0.05) is 39.6 Å². The van der Waals surface area contributed by atoms with Crippen LogP contribution in [-0.4, -0.2) is 59.4 Å². The number of rotatable bonds is 4. The molecule has 1 saturated heterocycles. The van der Waals surface area contributed by atoms with Crippen LogP contribution in [0, 0.1) is 0 Å². The molecule has 1 aliphatic heterocycles. The molecule has 3 amide bonds. The van der Waals surface area contributed by atoms with Gasteiger partial charge in [-0.05, 0) is 19.4 Å². The Morgan fingerprint density at radius 1 is 1.27 bits per heavy atom. The van der Waals surface area contributed by atoms with Crippen molar-refractivity contribution in [3.63, 3.8) is 0 Å². The first-order valence-electron chi connectivity index (χ1n) is 7.71. The maximum absolute atomic E-state index is 12.4. The van der Waals surface area contributed by atoms with Gasteiger partial charge in [0.2, 0.25) is 5.91 Å². The Kier molecular flexibility index (Phi) is 5.06. The molecule has 1 heterocycles. The Balaban J connectivity index is 2.08. The summed E-state index contributed by atoms with van der Waals surface area (Å²) in [6.45, 7) is 5.20. The fraction of sp³-hybridized carbons (Fsp3) is 0.529. The molecule has 0 radical (unpaired) electrons. The molecule has 22 heavy (non-hydrogen) atoms. The average molecular weight is 303 g/mol. The summed E-state index contributed by atoms with van der Waals surface area (Å²) >= 11 is 0. The summed E-state index contributed by atoms with van der Waals surface area (Å²) in [6.07, 6.45) is 0.407. The quantitative estimate of drug-likeness (QED) is 0.856. The number of hydrogen-bond acceptors (Lipinski definition) is 2. The van der Waals surface area contributed by atoms with Crippen LogP contribution in [0.5, 0.6) is 0 Å². The summed E-state index contributed by atoms with van der Waals surface area (Å²) in [7, 11) is 3.49. The minimum absolute atomic E-state index is 0.0330. The number of amides is 3.